The first kappa shape index (κ1) is 12.2. The van der Waals surface area contributed by atoms with Gasteiger partial charge >= 0.3 is 0 Å². The monoisotopic (exact) mass is 235 g/mol. The number of hydrogen-bond acceptors (Lipinski definition) is 4. The van der Waals surface area contributed by atoms with Gasteiger partial charge in [-0.15, -0.1) is 0 Å². The largest absolute Gasteiger partial charge is 0.481 e. The van der Waals surface area contributed by atoms with E-state index in [-0.39, 0.29) is 0 Å². The number of methoxy groups -OCH3 is 1. The highest BCUT2D eigenvalue weighted by molar-refractivity contribution is 5.44. The summed E-state index contributed by atoms with van der Waals surface area (Å²) in [6.07, 6.45) is 5.66. The van der Waals surface area contributed by atoms with Crippen LogP contribution in [0.4, 0.5) is 5.69 Å². The highest BCUT2D eigenvalue weighted by atomic mass is 16.5. The molecule has 2 heterocycles. The van der Waals surface area contributed by atoms with E-state index < -0.39 is 0 Å². The maximum absolute atomic E-state index is 5.09. The van der Waals surface area contributed by atoms with E-state index in [4.69, 9.17) is 4.74 Å². The fraction of sp³-hybridized carbons (Fsp3) is 0.615. The predicted octanol–water partition coefficient (Wildman–Crippen LogP) is 1.89. The van der Waals surface area contributed by atoms with Crippen LogP contribution in [-0.4, -0.2) is 31.7 Å². The van der Waals surface area contributed by atoms with Gasteiger partial charge in [0.05, 0.1) is 7.11 Å². The average Bonchev–Trinajstić information content (AvgIpc) is 2.40. The second-order valence-electron chi connectivity index (χ2n) is 4.51. The molecular formula is C13H21N3O. The SMILES string of the molecule is COc1cc(NCCC2CCCNC2)ccn1. The van der Waals surface area contributed by atoms with E-state index in [2.05, 4.69) is 15.6 Å². The molecule has 4 heteroatoms. The Kier molecular flexibility index (Phi) is 4.62. The van der Waals surface area contributed by atoms with Crippen molar-refractivity contribution in [1.29, 1.82) is 0 Å². The Balaban J connectivity index is 1.73. The number of piperidine rings is 1. The summed E-state index contributed by atoms with van der Waals surface area (Å²) in [6, 6.07) is 3.90. The number of hydrogen-bond donors (Lipinski definition) is 2. The van der Waals surface area contributed by atoms with Crippen molar-refractivity contribution in [1.82, 2.24) is 10.3 Å². The smallest absolute Gasteiger partial charge is 0.214 e. The lowest BCUT2D eigenvalue weighted by Gasteiger charge is -2.22. The molecule has 94 valence electrons. The third-order valence-electron chi connectivity index (χ3n) is 3.22. The minimum Gasteiger partial charge on any atom is -0.481 e. The van der Waals surface area contributed by atoms with E-state index in [9.17, 15) is 0 Å². The standard InChI is InChI=1S/C13H21N3O/c1-17-13-9-12(5-8-16-13)15-7-4-11-3-2-6-14-10-11/h5,8-9,11,14H,2-4,6-7,10H2,1H3,(H,15,16). The van der Waals surface area contributed by atoms with Crippen LogP contribution in [0.5, 0.6) is 5.88 Å². The molecule has 1 aliphatic heterocycles. The van der Waals surface area contributed by atoms with Crippen LogP contribution in [0.3, 0.4) is 0 Å². The molecule has 0 radical (unpaired) electrons. The van der Waals surface area contributed by atoms with Crippen molar-refractivity contribution >= 4 is 5.69 Å². The predicted molar refractivity (Wildman–Crippen MR) is 69.5 cm³/mol. The van der Waals surface area contributed by atoms with Crippen molar-refractivity contribution < 1.29 is 4.74 Å². The molecule has 1 aliphatic rings. The zero-order chi connectivity index (χ0) is 11.9. The highest BCUT2D eigenvalue weighted by Crippen LogP contribution is 2.16. The normalized spacial score (nSPS) is 19.9. The van der Waals surface area contributed by atoms with Crippen molar-refractivity contribution in [2.45, 2.75) is 19.3 Å². The number of aromatic nitrogens is 1. The van der Waals surface area contributed by atoms with Crippen LogP contribution in [0, 0.1) is 5.92 Å². The third kappa shape index (κ3) is 3.89. The summed E-state index contributed by atoms with van der Waals surface area (Å²) in [7, 11) is 1.64. The molecular weight excluding hydrogens is 214 g/mol. The van der Waals surface area contributed by atoms with Gasteiger partial charge in [0.25, 0.3) is 0 Å². The lowest BCUT2D eigenvalue weighted by Crippen LogP contribution is -2.30. The molecule has 1 aromatic heterocycles. The summed E-state index contributed by atoms with van der Waals surface area (Å²) in [5.74, 6) is 1.48. The van der Waals surface area contributed by atoms with E-state index >= 15 is 0 Å². The number of ether oxygens (including phenoxy) is 1. The van der Waals surface area contributed by atoms with Gasteiger partial charge in [0, 0.05) is 24.5 Å². The summed E-state index contributed by atoms with van der Waals surface area (Å²) < 4.78 is 5.09. The summed E-state index contributed by atoms with van der Waals surface area (Å²) in [5.41, 5.74) is 1.08. The van der Waals surface area contributed by atoms with Crippen molar-refractivity contribution in [3.05, 3.63) is 18.3 Å². The Morgan fingerprint density at radius 3 is 3.29 bits per heavy atom. The topological polar surface area (TPSA) is 46.2 Å². The maximum Gasteiger partial charge on any atom is 0.214 e. The van der Waals surface area contributed by atoms with E-state index in [0.717, 1.165) is 18.2 Å². The molecule has 1 atom stereocenters. The minimum absolute atomic E-state index is 0.661. The third-order valence-corrected chi connectivity index (χ3v) is 3.22. The average molecular weight is 235 g/mol. The van der Waals surface area contributed by atoms with Gasteiger partial charge in [-0.05, 0) is 44.3 Å². The van der Waals surface area contributed by atoms with Crippen molar-refractivity contribution in [2.24, 2.45) is 5.92 Å². The molecule has 0 spiro atoms. The molecule has 0 aliphatic carbocycles. The van der Waals surface area contributed by atoms with Crippen LogP contribution in [0.25, 0.3) is 0 Å². The molecule has 1 unspecified atom stereocenters. The van der Waals surface area contributed by atoms with Gasteiger partial charge in [0.2, 0.25) is 5.88 Å². The second kappa shape index (κ2) is 6.45. The first-order chi connectivity index (χ1) is 8.38. The molecule has 0 aromatic carbocycles. The number of nitrogens with zero attached hydrogens (tertiary/aromatic N) is 1. The highest BCUT2D eigenvalue weighted by Gasteiger charge is 2.11. The molecule has 1 aromatic rings. The summed E-state index contributed by atoms with van der Waals surface area (Å²) in [4.78, 5) is 4.08. The van der Waals surface area contributed by atoms with Gasteiger partial charge < -0.3 is 15.4 Å². The lowest BCUT2D eigenvalue weighted by molar-refractivity contribution is 0.364. The molecule has 0 amide bonds. The van der Waals surface area contributed by atoms with Crippen LogP contribution in [0.1, 0.15) is 19.3 Å². The Morgan fingerprint density at radius 2 is 2.53 bits per heavy atom. The molecule has 0 saturated carbocycles. The first-order valence-corrected chi connectivity index (χ1v) is 6.33. The Morgan fingerprint density at radius 1 is 1.59 bits per heavy atom. The Bertz CT molecular complexity index is 337. The van der Waals surface area contributed by atoms with Gasteiger partial charge in [-0.2, -0.15) is 0 Å². The van der Waals surface area contributed by atoms with Gasteiger partial charge in [-0.3, -0.25) is 0 Å². The Labute approximate surface area is 103 Å². The lowest BCUT2D eigenvalue weighted by atomic mass is 9.96. The Hall–Kier alpha value is -1.29. The zero-order valence-electron chi connectivity index (χ0n) is 10.4. The molecule has 4 nitrogen and oxygen atoms in total. The molecule has 2 rings (SSSR count). The fourth-order valence-electron chi connectivity index (χ4n) is 2.22. The molecule has 1 fully saturated rings. The van der Waals surface area contributed by atoms with Crippen molar-refractivity contribution in [3.8, 4) is 5.88 Å². The summed E-state index contributed by atoms with van der Waals surface area (Å²) in [5, 5.41) is 6.86. The summed E-state index contributed by atoms with van der Waals surface area (Å²) >= 11 is 0. The number of nitrogens with one attached hydrogen (secondary N) is 2. The van der Waals surface area contributed by atoms with Gasteiger partial charge in [-0.25, -0.2) is 4.98 Å². The summed E-state index contributed by atoms with van der Waals surface area (Å²) in [6.45, 7) is 3.37. The first-order valence-electron chi connectivity index (χ1n) is 6.33. The number of rotatable bonds is 5. The van der Waals surface area contributed by atoms with Crippen molar-refractivity contribution in [3.63, 3.8) is 0 Å². The van der Waals surface area contributed by atoms with Crippen LogP contribution in [0.15, 0.2) is 18.3 Å². The zero-order valence-corrected chi connectivity index (χ0v) is 10.4. The molecule has 0 bridgehead atoms. The fourth-order valence-corrected chi connectivity index (χ4v) is 2.22. The van der Waals surface area contributed by atoms with E-state index in [0.29, 0.717) is 5.88 Å². The van der Waals surface area contributed by atoms with Crippen LogP contribution >= 0.6 is 0 Å². The second-order valence-corrected chi connectivity index (χ2v) is 4.51. The van der Waals surface area contributed by atoms with Gasteiger partial charge in [-0.1, -0.05) is 0 Å². The van der Waals surface area contributed by atoms with Crippen LogP contribution < -0.4 is 15.4 Å². The molecule has 2 N–H and O–H groups in total. The molecule has 17 heavy (non-hydrogen) atoms. The van der Waals surface area contributed by atoms with Crippen LogP contribution in [-0.2, 0) is 0 Å². The number of anilines is 1. The quantitative estimate of drug-likeness (QED) is 0.818. The van der Waals surface area contributed by atoms with E-state index in [1.807, 2.05) is 12.1 Å². The van der Waals surface area contributed by atoms with Gasteiger partial charge in [0.1, 0.15) is 0 Å². The van der Waals surface area contributed by atoms with Crippen molar-refractivity contribution in [2.75, 3.05) is 32.1 Å². The maximum atomic E-state index is 5.09. The van der Waals surface area contributed by atoms with Gasteiger partial charge in [0.15, 0.2) is 0 Å². The molecule has 1 saturated heterocycles. The van der Waals surface area contributed by atoms with E-state index in [1.54, 1.807) is 13.3 Å². The number of pyridine rings is 1. The van der Waals surface area contributed by atoms with Crippen LogP contribution in [0.2, 0.25) is 0 Å². The minimum atomic E-state index is 0.661. The van der Waals surface area contributed by atoms with E-state index in [1.165, 1.54) is 32.4 Å².